The number of amides is 1. The Balaban J connectivity index is 1.74. The van der Waals surface area contributed by atoms with Gasteiger partial charge in [0.05, 0.1) is 5.75 Å². The van der Waals surface area contributed by atoms with Crippen molar-refractivity contribution in [2.45, 2.75) is 16.8 Å². The Hall–Kier alpha value is -1.97. The first-order valence-corrected chi connectivity index (χ1v) is 9.27. The highest BCUT2D eigenvalue weighted by atomic mass is 32.2. The summed E-state index contributed by atoms with van der Waals surface area (Å²) in [5, 5.41) is 12.9. The van der Waals surface area contributed by atoms with Crippen LogP contribution in [0.3, 0.4) is 0 Å². The number of carbonyl (C=O) groups excluding carboxylic acids is 1. The molecule has 7 nitrogen and oxygen atoms in total. The molecule has 1 atom stereocenters. The summed E-state index contributed by atoms with van der Waals surface area (Å²) in [7, 11) is 3.49. The van der Waals surface area contributed by atoms with Crippen molar-refractivity contribution in [3.05, 3.63) is 41.7 Å². The fraction of sp³-hybridized carbons (Fsp3) is 0.333. The van der Waals surface area contributed by atoms with Crippen LogP contribution in [0.15, 0.2) is 34.7 Å². The highest BCUT2D eigenvalue weighted by Crippen LogP contribution is 2.26. The average Bonchev–Trinajstić information content (AvgIpc) is 3.13. The molecule has 0 bridgehead atoms. The second kappa shape index (κ2) is 7.29. The average molecular weight is 363 g/mol. The van der Waals surface area contributed by atoms with Crippen LogP contribution in [0.25, 0.3) is 4.96 Å². The quantitative estimate of drug-likeness (QED) is 0.657. The summed E-state index contributed by atoms with van der Waals surface area (Å²) >= 11 is 2.86. The van der Waals surface area contributed by atoms with Gasteiger partial charge in [0, 0.05) is 20.5 Å². The molecule has 0 aliphatic carbocycles. The van der Waals surface area contributed by atoms with Crippen LogP contribution < -0.4 is 5.73 Å². The van der Waals surface area contributed by atoms with Crippen molar-refractivity contribution in [2.24, 2.45) is 0 Å². The van der Waals surface area contributed by atoms with Gasteiger partial charge >= 0.3 is 0 Å². The number of carbonyl (C=O) groups is 1. The summed E-state index contributed by atoms with van der Waals surface area (Å²) < 4.78 is 2.55. The first-order chi connectivity index (χ1) is 11.5. The van der Waals surface area contributed by atoms with Gasteiger partial charge in [0.2, 0.25) is 16.7 Å². The van der Waals surface area contributed by atoms with Crippen molar-refractivity contribution >= 4 is 34.0 Å². The summed E-state index contributed by atoms with van der Waals surface area (Å²) in [5.41, 5.74) is 5.41. The van der Waals surface area contributed by atoms with E-state index in [2.05, 4.69) is 33.2 Å². The first-order valence-electron chi connectivity index (χ1n) is 7.46. The van der Waals surface area contributed by atoms with Crippen LogP contribution in [0.2, 0.25) is 0 Å². The number of quaternary nitrogens is 1. The van der Waals surface area contributed by atoms with Crippen LogP contribution in [-0.2, 0) is 11.2 Å². The maximum atomic E-state index is 11.7. The van der Waals surface area contributed by atoms with E-state index in [-0.39, 0.29) is 11.9 Å². The number of benzene rings is 1. The van der Waals surface area contributed by atoms with Crippen molar-refractivity contribution in [1.29, 1.82) is 0 Å². The van der Waals surface area contributed by atoms with Gasteiger partial charge in [-0.1, -0.05) is 53.4 Å². The SMILES string of the molecule is CN(C)C(=O)CSc1nn2c([C@@H]([NH3+])Cc3ccccc3)nnc2s1. The van der Waals surface area contributed by atoms with Crippen LogP contribution in [0.5, 0.6) is 0 Å². The van der Waals surface area contributed by atoms with Crippen molar-refractivity contribution < 1.29 is 10.5 Å². The van der Waals surface area contributed by atoms with Gasteiger partial charge in [0.1, 0.15) is 0 Å². The lowest BCUT2D eigenvalue weighted by atomic mass is 10.1. The fourth-order valence-corrected chi connectivity index (χ4v) is 4.03. The molecule has 126 valence electrons. The van der Waals surface area contributed by atoms with Crippen LogP contribution >= 0.6 is 23.1 Å². The summed E-state index contributed by atoms with van der Waals surface area (Å²) in [4.78, 5) is 14.0. The molecule has 3 rings (SSSR count). The molecule has 0 aliphatic rings. The summed E-state index contributed by atoms with van der Waals surface area (Å²) in [6.07, 6.45) is 0.779. The summed E-state index contributed by atoms with van der Waals surface area (Å²) in [6, 6.07) is 10.1. The van der Waals surface area contributed by atoms with Gasteiger partial charge in [-0.05, 0) is 5.56 Å². The Kier molecular flexibility index (Phi) is 5.12. The molecule has 0 aliphatic heterocycles. The van der Waals surface area contributed by atoms with Gasteiger partial charge in [0.15, 0.2) is 10.4 Å². The minimum Gasteiger partial charge on any atom is -0.348 e. The maximum absolute atomic E-state index is 11.7. The lowest BCUT2D eigenvalue weighted by Crippen LogP contribution is -2.55. The second-order valence-corrected chi connectivity index (χ2v) is 7.76. The summed E-state index contributed by atoms with van der Waals surface area (Å²) in [6.45, 7) is 0. The Morgan fingerprint density at radius 3 is 2.79 bits per heavy atom. The van der Waals surface area contributed by atoms with Crippen molar-refractivity contribution in [3.8, 4) is 0 Å². The Morgan fingerprint density at radius 2 is 2.08 bits per heavy atom. The third-order valence-electron chi connectivity index (χ3n) is 3.50. The van der Waals surface area contributed by atoms with Crippen LogP contribution in [0.1, 0.15) is 17.4 Å². The van der Waals surface area contributed by atoms with E-state index >= 15 is 0 Å². The minimum atomic E-state index is -0.0363. The Morgan fingerprint density at radius 1 is 1.33 bits per heavy atom. The topological polar surface area (TPSA) is 91.0 Å². The molecule has 2 aromatic heterocycles. The van der Waals surface area contributed by atoms with E-state index < -0.39 is 0 Å². The van der Waals surface area contributed by atoms with Crippen molar-refractivity contribution in [1.82, 2.24) is 24.7 Å². The number of rotatable bonds is 6. The normalized spacial score (nSPS) is 12.5. The lowest BCUT2D eigenvalue weighted by Gasteiger charge is -2.08. The van der Waals surface area contributed by atoms with Crippen molar-refractivity contribution in [3.63, 3.8) is 0 Å². The third kappa shape index (κ3) is 3.74. The predicted octanol–water partition coefficient (Wildman–Crippen LogP) is 0.892. The molecule has 0 fully saturated rings. The summed E-state index contributed by atoms with van der Waals surface area (Å²) in [5.74, 6) is 1.17. The molecule has 0 spiro atoms. The van der Waals surface area contributed by atoms with E-state index in [4.69, 9.17) is 0 Å². The smallest absolute Gasteiger partial charge is 0.235 e. The molecule has 1 amide bonds. The zero-order valence-electron chi connectivity index (χ0n) is 13.5. The molecule has 0 saturated heterocycles. The second-order valence-electron chi connectivity index (χ2n) is 5.58. The molecular formula is C15H19N6OS2+. The highest BCUT2D eigenvalue weighted by Gasteiger charge is 2.21. The Bertz CT molecular complexity index is 829. The molecule has 0 saturated carbocycles. The third-order valence-corrected chi connectivity index (χ3v) is 5.52. The molecule has 0 unspecified atom stereocenters. The van der Waals surface area contributed by atoms with E-state index in [1.54, 1.807) is 23.5 Å². The van der Waals surface area contributed by atoms with Gasteiger partial charge in [-0.25, -0.2) is 0 Å². The number of fused-ring (bicyclic) bond motifs is 1. The molecule has 2 heterocycles. The molecule has 9 heteroatoms. The van der Waals surface area contributed by atoms with Gasteiger partial charge in [0.25, 0.3) is 0 Å². The highest BCUT2D eigenvalue weighted by molar-refractivity contribution is 8.01. The molecule has 24 heavy (non-hydrogen) atoms. The van der Waals surface area contributed by atoms with Gasteiger partial charge in [-0.3, -0.25) is 4.79 Å². The molecule has 0 radical (unpaired) electrons. The largest absolute Gasteiger partial charge is 0.348 e. The zero-order chi connectivity index (χ0) is 17.1. The van der Waals surface area contributed by atoms with E-state index in [0.29, 0.717) is 5.75 Å². The molecule has 1 aromatic carbocycles. The fourth-order valence-electron chi connectivity index (χ4n) is 2.17. The predicted molar refractivity (Wildman–Crippen MR) is 93.9 cm³/mol. The van der Waals surface area contributed by atoms with E-state index in [1.807, 2.05) is 18.2 Å². The van der Waals surface area contributed by atoms with E-state index in [0.717, 1.165) is 21.5 Å². The maximum Gasteiger partial charge on any atom is 0.235 e. The van der Waals surface area contributed by atoms with Gasteiger partial charge in [-0.15, -0.1) is 15.3 Å². The monoisotopic (exact) mass is 363 g/mol. The minimum absolute atomic E-state index is 0.0363. The van der Waals surface area contributed by atoms with Gasteiger partial charge < -0.3 is 10.6 Å². The first kappa shape index (κ1) is 16.9. The lowest BCUT2D eigenvalue weighted by molar-refractivity contribution is -0.428. The van der Waals surface area contributed by atoms with E-state index in [1.165, 1.54) is 28.7 Å². The standard InChI is InChI=1S/C15H18N6OS2/c1-20(2)12(22)9-23-15-19-21-13(17-18-14(21)24-15)11(16)8-10-6-4-3-5-7-10/h3-7,11H,8-9,16H2,1-2H3/p+1/t11-/m0/s1. The molecule has 3 N–H and O–H groups in total. The zero-order valence-corrected chi connectivity index (χ0v) is 15.2. The van der Waals surface area contributed by atoms with Crippen molar-refractivity contribution in [2.75, 3.05) is 19.8 Å². The molecular weight excluding hydrogens is 344 g/mol. The van der Waals surface area contributed by atoms with Crippen LogP contribution in [0, 0.1) is 0 Å². The molecule has 3 aromatic rings. The van der Waals surface area contributed by atoms with Gasteiger partial charge in [-0.2, -0.15) is 4.52 Å². The van der Waals surface area contributed by atoms with Crippen LogP contribution in [0.4, 0.5) is 0 Å². The number of nitrogens with zero attached hydrogens (tertiary/aromatic N) is 5. The number of thioether (sulfide) groups is 1. The number of aromatic nitrogens is 4. The Labute approximate surface area is 147 Å². The number of hydrogen-bond acceptors (Lipinski definition) is 6. The number of hydrogen-bond donors (Lipinski definition) is 1. The van der Waals surface area contributed by atoms with E-state index in [9.17, 15) is 4.79 Å². The van der Waals surface area contributed by atoms with Crippen LogP contribution in [-0.4, -0.2) is 50.5 Å².